The van der Waals surface area contributed by atoms with E-state index in [2.05, 4.69) is 16.1 Å². The molecule has 2 fully saturated rings. The van der Waals surface area contributed by atoms with Gasteiger partial charge in [-0.3, -0.25) is 0 Å². The molecule has 2 atom stereocenters. The molecule has 11 heavy (non-hydrogen) atoms. The molecule has 2 saturated heterocycles. The third-order valence-electron chi connectivity index (χ3n) is 2.39. The van der Waals surface area contributed by atoms with Crippen molar-refractivity contribution in [2.45, 2.75) is 17.3 Å². The molecule has 0 aromatic heterocycles. The van der Waals surface area contributed by atoms with Gasteiger partial charge in [0.05, 0.1) is 16.7 Å². The summed E-state index contributed by atoms with van der Waals surface area (Å²) in [5, 5.41) is -0.244. The third-order valence-corrected chi connectivity index (χ3v) is 5.62. The Hall–Kier alpha value is 0.350. The maximum Gasteiger partial charge on any atom is 0.157 e. The molecule has 0 aromatic carbocycles. The van der Waals surface area contributed by atoms with Crippen molar-refractivity contribution in [2.75, 3.05) is 12.3 Å². The summed E-state index contributed by atoms with van der Waals surface area (Å²) in [7, 11) is -2.88. The van der Waals surface area contributed by atoms with Crippen LogP contribution in [0.25, 0.3) is 0 Å². The van der Waals surface area contributed by atoms with E-state index in [9.17, 15) is 8.42 Å². The molecule has 0 saturated carbocycles. The quantitative estimate of drug-likeness (QED) is 0.578. The minimum Gasteiger partial charge on any atom is -0.312 e. The predicted octanol–water partition coefficient (Wildman–Crippen LogP) is -0.546. The summed E-state index contributed by atoms with van der Waals surface area (Å²) in [6.45, 7) is 0.527. The van der Waals surface area contributed by atoms with Crippen molar-refractivity contribution in [3.8, 4) is 0 Å². The fraction of sp³-hybridized carbons (Fsp3) is 1.00. The normalized spacial score (nSPS) is 48.4. The summed E-state index contributed by atoms with van der Waals surface area (Å²) >= 11 is 3.25. The molecule has 0 spiro atoms. The molecule has 2 heterocycles. The highest BCUT2D eigenvalue weighted by atomic mass is 79.9. The minimum atomic E-state index is -2.88. The predicted molar refractivity (Wildman–Crippen MR) is 44.7 cm³/mol. The second kappa shape index (κ2) is 1.99. The van der Waals surface area contributed by atoms with Crippen molar-refractivity contribution in [3.05, 3.63) is 0 Å². The van der Waals surface area contributed by atoms with Gasteiger partial charge in [0, 0.05) is 22.7 Å². The first-order valence-corrected chi connectivity index (χ1v) is 5.80. The highest BCUT2D eigenvalue weighted by Crippen LogP contribution is 2.39. The van der Waals surface area contributed by atoms with Crippen LogP contribution in [0.5, 0.6) is 0 Å². The molecule has 2 N–H and O–H groups in total. The van der Waals surface area contributed by atoms with Crippen LogP contribution in [0.15, 0.2) is 0 Å². The van der Waals surface area contributed by atoms with E-state index in [-0.39, 0.29) is 11.0 Å². The van der Waals surface area contributed by atoms with Crippen molar-refractivity contribution in [1.82, 2.24) is 3.93 Å². The Morgan fingerprint density at radius 2 is 2.27 bits per heavy atom. The molecule has 0 aliphatic carbocycles. The van der Waals surface area contributed by atoms with Crippen LogP contribution in [0, 0.1) is 0 Å². The topological polar surface area (TPSA) is 63.4 Å². The SMILES string of the molecule is NC12CC(CN1Br)S(=O)(=O)C2. The van der Waals surface area contributed by atoms with Gasteiger partial charge in [-0.1, -0.05) is 0 Å². The average Bonchev–Trinajstić information content (AvgIpc) is 2.16. The molecule has 2 unspecified atom stereocenters. The van der Waals surface area contributed by atoms with Crippen molar-refractivity contribution in [2.24, 2.45) is 5.73 Å². The lowest BCUT2D eigenvalue weighted by Gasteiger charge is -2.28. The van der Waals surface area contributed by atoms with Gasteiger partial charge >= 0.3 is 0 Å². The first-order valence-electron chi connectivity index (χ1n) is 3.38. The molecule has 0 amide bonds. The first kappa shape index (κ1) is 7.97. The Labute approximate surface area is 74.0 Å². The Kier molecular flexibility index (Phi) is 1.44. The number of hydrogen-bond donors (Lipinski definition) is 1. The van der Waals surface area contributed by atoms with E-state index in [1.54, 1.807) is 3.93 Å². The number of hydrogen-bond acceptors (Lipinski definition) is 4. The van der Waals surface area contributed by atoms with Crippen LogP contribution in [-0.2, 0) is 9.84 Å². The smallest absolute Gasteiger partial charge is 0.157 e. The van der Waals surface area contributed by atoms with E-state index >= 15 is 0 Å². The second-order valence-electron chi connectivity index (χ2n) is 3.28. The van der Waals surface area contributed by atoms with Crippen LogP contribution in [0.1, 0.15) is 6.42 Å². The van der Waals surface area contributed by atoms with E-state index in [0.29, 0.717) is 13.0 Å². The Morgan fingerprint density at radius 1 is 1.64 bits per heavy atom. The van der Waals surface area contributed by atoms with E-state index in [1.807, 2.05) is 0 Å². The zero-order valence-corrected chi connectivity index (χ0v) is 8.23. The van der Waals surface area contributed by atoms with Gasteiger partial charge in [0.2, 0.25) is 0 Å². The van der Waals surface area contributed by atoms with E-state index in [4.69, 9.17) is 5.73 Å². The summed E-state index contributed by atoms with van der Waals surface area (Å²) in [4.78, 5) is 0. The number of halogens is 1. The number of rotatable bonds is 0. The molecule has 0 radical (unpaired) electrons. The van der Waals surface area contributed by atoms with Gasteiger partial charge in [-0.05, 0) is 6.42 Å². The van der Waals surface area contributed by atoms with Gasteiger partial charge in [-0.25, -0.2) is 12.3 Å². The van der Waals surface area contributed by atoms with Crippen LogP contribution < -0.4 is 5.73 Å². The second-order valence-corrected chi connectivity index (χ2v) is 6.42. The minimum absolute atomic E-state index is 0.0932. The molecule has 0 aromatic rings. The summed E-state index contributed by atoms with van der Waals surface area (Å²) in [6.07, 6.45) is 0.570. The standard InChI is InChI=1S/C5H9BrN2O2S/c6-8-2-4-1-5(8,7)3-11(4,9)10/h4H,1-3,7H2. The molecule has 2 bridgehead atoms. The van der Waals surface area contributed by atoms with E-state index in [1.165, 1.54) is 0 Å². The van der Waals surface area contributed by atoms with Crippen molar-refractivity contribution < 1.29 is 8.42 Å². The molecular formula is C5H9BrN2O2S. The molecule has 2 aliphatic rings. The highest BCUT2D eigenvalue weighted by molar-refractivity contribution is 9.07. The van der Waals surface area contributed by atoms with Gasteiger partial charge in [0.25, 0.3) is 0 Å². The lowest BCUT2D eigenvalue weighted by atomic mass is 10.2. The zero-order chi connectivity index (χ0) is 8.28. The summed E-state index contributed by atoms with van der Waals surface area (Å²) in [6, 6.07) is 0. The fourth-order valence-corrected chi connectivity index (χ4v) is 4.86. The number of fused-ring (bicyclic) bond motifs is 2. The van der Waals surface area contributed by atoms with E-state index < -0.39 is 15.5 Å². The number of nitrogens with two attached hydrogens (primary N) is 1. The lowest BCUT2D eigenvalue weighted by molar-refractivity contribution is 0.314. The van der Waals surface area contributed by atoms with Crippen LogP contribution >= 0.6 is 16.1 Å². The average molecular weight is 241 g/mol. The van der Waals surface area contributed by atoms with Gasteiger partial charge in [0.15, 0.2) is 9.84 Å². The van der Waals surface area contributed by atoms with Crippen molar-refractivity contribution in [3.63, 3.8) is 0 Å². The molecule has 2 rings (SSSR count). The maximum atomic E-state index is 11.2. The lowest BCUT2D eigenvalue weighted by Crippen LogP contribution is -2.52. The summed E-state index contributed by atoms with van der Waals surface area (Å²) in [5.41, 5.74) is 5.18. The van der Waals surface area contributed by atoms with Crippen molar-refractivity contribution >= 4 is 26.0 Å². The van der Waals surface area contributed by atoms with Crippen LogP contribution in [-0.4, -0.2) is 35.6 Å². The molecule has 2 aliphatic heterocycles. The van der Waals surface area contributed by atoms with Gasteiger partial charge in [0.1, 0.15) is 0 Å². The van der Waals surface area contributed by atoms with E-state index in [0.717, 1.165) is 0 Å². The highest BCUT2D eigenvalue weighted by Gasteiger charge is 2.56. The van der Waals surface area contributed by atoms with Gasteiger partial charge in [-0.2, -0.15) is 0 Å². The third kappa shape index (κ3) is 0.965. The fourth-order valence-electron chi connectivity index (χ4n) is 1.75. The van der Waals surface area contributed by atoms with Crippen LogP contribution in [0.2, 0.25) is 0 Å². The Morgan fingerprint density at radius 3 is 2.55 bits per heavy atom. The van der Waals surface area contributed by atoms with Crippen LogP contribution in [0.3, 0.4) is 0 Å². The number of nitrogens with zero attached hydrogens (tertiary/aromatic N) is 1. The summed E-state index contributed by atoms with van der Waals surface area (Å²) < 4.78 is 24.2. The monoisotopic (exact) mass is 240 g/mol. The molecule has 4 nitrogen and oxygen atoms in total. The first-order chi connectivity index (χ1) is 4.94. The summed E-state index contributed by atoms with van der Waals surface area (Å²) in [5.74, 6) is 0.0932. The molecular weight excluding hydrogens is 232 g/mol. The van der Waals surface area contributed by atoms with Gasteiger partial charge in [-0.15, -0.1) is 0 Å². The van der Waals surface area contributed by atoms with Crippen LogP contribution in [0.4, 0.5) is 0 Å². The number of sulfone groups is 1. The zero-order valence-electron chi connectivity index (χ0n) is 5.83. The van der Waals surface area contributed by atoms with Crippen molar-refractivity contribution in [1.29, 1.82) is 0 Å². The largest absolute Gasteiger partial charge is 0.312 e. The Balaban J connectivity index is 2.41. The van der Waals surface area contributed by atoms with Gasteiger partial charge < -0.3 is 5.73 Å². The molecule has 6 heteroatoms. The maximum absolute atomic E-state index is 11.2. The Bertz CT molecular complexity index is 291. The molecule has 64 valence electrons.